The van der Waals surface area contributed by atoms with Gasteiger partial charge in [0.15, 0.2) is 0 Å². The molecule has 3 rings (SSSR count). The Morgan fingerprint density at radius 3 is 2.67 bits per heavy atom. The van der Waals surface area contributed by atoms with Crippen molar-refractivity contribution in [3.8, 4) is 5.75 Å². The zero-order valence-electron chi connectivity index (χ0n) is 11.7. The number of aromatic nitrogens is 1. The van der Waals surface area contributed by atoms with Gasteiger partial charge in [0.05, 0.1) is 12.6 Å². The van der Waals surface area contributed by atoms with E-state index in [1.54, 1.807) is 7.11 Å². The molecular formula is C17H16N2O2. The molecule has 1 N–H and O–H groups in total. The van der Waals surface area contributed by atoms with Crippen LogP contribution in [-0.4, -0.2) is 17.6 Å². The third-order valence-corrected chi connectivity index (χ3v) is 3.37. The van der Waals surface area contributed by atoms with Crippen LogP contribution in [0.2, 0.25) is 0 Å². The Morgan fingerprint density at radius 1 is 1.10 bits per heavy atom. The average Bonchev–Trinajstić information content (AvgIpc) is 2.91. The first-order chi connectivity index (χ1) is 10.3. The van der Waals surface area contributed by atoms with Crippen molar-refractivity contribution in [1.29, 1.82) is 0 Å². The molecule has 4 nitrogen and oxygen atoms in total. The molecule has 0 radical (unpaired) electrons. The number of benzene rings is 2. The lowest BCUT2D eigenvalue weighted by Crippen LogP contribution is -2.18. The molecule has 0 aliphatic rings. The van der Waals surface area contributed by atoms with Gasteiger partial charge in [0.25, 0.3) is 0 Å². The number of hydrogen-bond acceptors (Lipinski definition) is 2. The Bertz CT molecular complexity index is 763. The van der Waals surface area contributed by atoms with Crippen molar-refractivity contribution in [2.24, 2.45) is 0 Å². The van der Waals surface area contributed by atoms with Gasteiger partial charge in [0.1, 0.15) is 12.3 Å². The van der Waals surface area contributed by atoms with Crippen LogP contribution >= 0.6 is 0 Å². The Kier molecular flexibility index (Phi) is 3.60. The summed E-state index contributed by atoms with van der Waals surface area (Å²) in [5.41, 5.74) is 1.79. The van der Waals surface area contributed by atoms with Gasteiger partial charge in [0, 0.05) is 17.3 Å². The third kappa shape index (κ3) is 2.74. The van der Waals surface area contributed by atoms with Gasteiger partial charge >= 0.3 is 0 Å². The van der Waals surface area contributed by atoms with Crippen LogP contribution in [0.15, 0.2) is 60.8 Å². The number of ether oxygens (including phenoxy) is 1. The maximum atomic E-state index is 12.1. The molecule has 3 aromatic rings. The van der Waals surface area contributed by atoms with E-state index in [2.05, 4.69) is 5.32 Å². The van der Waals surface area contributed by atoms with Crippen LogP contribution in [0, 0.1) is 0 Å². The molecule has 1 aromatic heterocycles. The molecule has 0 aliphatic carbocycles. The first-order valence-electron chi connectivity index (χ1n) is 6.74. The maximum Gasteiger partial charge on any atom is 0.244 e. The van der Waals surface area contributed by atoms with Gasteiger partial charge < -0.3 is 14.6 Å². The summed E-state index contributed by atoms with van der Waals surface area (Å²) in [4.78, 5) is 12.1. The highest BCUT2D eigenvalue weighted by Crippen LogP contribution is 2.26. The molecular weight excluding hydrogens is 264 g/mol. The van der Waals surface area contributed by atoms with Gasteiger partial charge in [-0.2, -0.15) is 0 Å². The lowest BCUT2D eigenvalue weighted by atomic mass is 10.2. The molecule has 0 fully saturated rings. The van der Waals surface area contributed by atoms with E-state index in [9.17, 15) is 4.79 Å². The summed E-state index contributed by atoms with van der Waals surface area (Å²) in [6.45, 7) is 0.269. The Labute approximate surface area is 123 Å². The molecule has 106 valence electrons. The Morgan fingerprint density at radius 2 is 1.90 bits per heavy atom. The summed E-state index contributed by atoms with van der Waals surface area (Å²) in [7, 11) is 1.65. The SMILES string of the molecule is COc1cccc2c1ccn2CC(=O)Nc1ccccc1. The molecule has 4 heteroatoms. The minimum atomic E-state index is -0.0541. The molecule has 0 spiro atoms. The number of anilines is 1. The van der Waals surface area contributed by atoms with E-state index < -0.39 is 0 Å². The molecule has 1 heterocycles. The highest BCUT2D eigenvalue weighted by molar-refractivity contribution is 5.93. The van der Waals surface area contributed by atoms with E-state index >= 15 is 0 Å². The standard InChI is InChI=1S/C17H16N2O2/c1-21-16-9-5-8-15-14(16)10-11-19(15)12-17(20)18-13-6-3-2-4-7-13/h2-11H,12H2,1H3,(H,18,20). The number of fused-ring (bicyclic) bond motifs is 1. The van der Waals surface area contributed by atoms with Crippen molar-refractivity contribution in [3.63, 3.8) is 0 Å². The highest BCUT2D eigenvalue weighted by atomic mass is 16.5. The molecule has 1 amide bonds. The van der Waals surface area contributed by atoms with Crippen molar-refractivity contribution >= 4 is 22.5 Å². The molecule has 21 heavy (non-hydrogen) atoms. The number of rotatable bonds is 4. The summed E-state index contributed by atoms with van der Waals surface area (Å²) < 4.78 is 7.24. The molecule has 2 aromatic carbocycles. The third-order valence-electron chi connectivity index (χ3n) is 3.37. The van der Waals surface area contributed by atoms with Crippen molar-refractivity contribution in [2.75, 3.05) is 12.4 Å². The Hall–Kier alpha value is -2.75. The number of hydrogen-bond donors (Lipinski definition) is 1. The Balaban J connectivity index is 1.80. The van der Waals surface area contributed by atoms with Crippen molar-refractivity contribution < 1.29 is 9.53 Å². The van der Waals surface area contributed by atoms with Crippen LogP contribution in [0.25, 0.3) is 10.9 Å². The summed E-state index contributed by atoms with van der Waals surface area (Å²) in [5, 5.41) is 3.89. The van der Waals surface area contributed by atoms with E-state index in [0.29, 0.717) is 0 Å². The first kappa shape index (κ1) is 13.2. The number of methoxy groups -OCH3 is 1. The van der Waals surface area contributed by atoms with Gasteiger partial charge in [-0.3, -0.25) is 4.79 Å². The first-order valence-corrected chi connectivity index (χ1v) is 6.74. The van der Waals surface area contributed by atoms with E-state index in [4.69, 9.17) is 4.74 Å². The lowest BCUT2D eigenvalue weighted by molar-refractivity contribution is -0.116. The minimum absolute atomic E-state index is 0.0541. The van der Waals surface area contributed by atoms with Crippen LogP contribution in [0.5, 0.6) is 5.75 Å². The second-order valence-corrected chi connectivity index (χ2v) is 4.75. The zero-order chi connectivity index (χ0) is 14.7. The molecule has 0 aliphatic heterocycles. The number of para-hydroxylation sites is 1. The maximum absolute atomic E-state index is 12.1. The largest absolute Gasteiger partial charge is 0.496 e. The summed E-state index contributed by atoms with van der Waals surface area (Å²) in [5.74, 6) is 0.760. The van der Waals surface area contributed by atoms with Crippen molar-refractivity contribution in [1.82, 2.24) is 4.57 Å². The summed E-state index contributed by atoms with van der Waals surface area (Å²) in [6.07, 6.45) is 1.90. The number of nitrogens with one attached hydrogen (secondary N) is 1. The van der Waals surface area contributed by atoms with E-state index in [1.165, 1.54) is 0 Å². The summed E-state index contributed by atoms with van der Waals surface area (Å²) >= 11 is 0. The van der Waals surface area contributed by atoms with Crippen LogP contribution < -0.4 is 10.1 Å². The van der Waals surface area contributed by atoms with Gasteiger partial charge in [-0.1, -0.05) is 24.3 Å². The fraction of sp³-hybridized carbons (Fsp3) is 0.118. The van der Waals surface area contributed by atoms with E-state index in [-0.39, 0.29) is 12.5 Å². The molecule has 0 saturated carbocycles. The topological polar surface area (TPSA) is 43.3 Å². The number of amides is 1. The average molecular weight is 280 g/mol. The molecule has 0 atom stereocenters. The van der Waals surface area contributed by atoms with E-state index in [0.717, 1.165) is 22.3 Å². The van der Waals surface area contributed by atoms with Crippen molar-refractivity contribution in [3.05, 3.63) is 60.8 Å². The van der Waals surface area contributed by atoms with Crippen LogP contribution in [-0.2, 0) is 11.3 Å². The summed E-state index contributed by atoms with van der Waals surface area (Å²) in [6, 6.07) is 17.2. The lowest BCUT2D eigenvalue weighted by Gasteiger charge is -2.08. The number of carbonyl (C=O) groups excluding carboxylic acids is 1. The monoisotopic (exact) mass is 280 g/mol. The fourth-order valence-electron chi connectivity index (χ4n) is 2.39. The van der Waals surface area contributed by atoms with Crippen LogP contribution in [0.1, 0.15) is 0 Å². The fourth-order valence-corrected chi connectivity index (χ4v) is 2.39. The normalized spacial score (nSPS) is 10.5. The van der Waals surface area contributed by atoms with Crippen LogP contribution in [0.4, 0.5) is 5.69 Å². The zero-order valence-corrected chi connectivity index (χ0v) is 11.7. The van der Waals surface area contributed by atoms with E-state index in [1.807, 2.05) is 65.4 Å². The second kappa shape index (κ2) is 5.71. The minimum Gasteiger partial charge on any atom is -0.496 e. The predicted octanol–water partition coefficient (Wildman–Crippen LogP) is 3.29. The number of nitrogens with zero attached hydrogens (tertiary/aromatic N) is 1. The van der Waals surface area contributed by atoms with Gasteiger partial charge in [0.2, 0.25) is 5.91 Å². The quantitative estimate of drug-likeness (QED) is 0.797. The smallest absolute Gasteiger partial charge is 0.244 e. The van der Waals surface area contributed by atoms with Gasteiger partial charge in [-0.05, 0) is 30.3 Å². The molecule has 0 bridgehead atoms. The van der Waals surface area contributed by atoms with Gasteiger partial charge in [-0.15, -0.1) is 0 Å². The highest BCUT2D eigenvalue weighted by Gasteiger charge is 2.09. The van der Waals surface area contributed by atoms with Crippen LogP contribution in [0.3, 0.4) is 0 Å². The van der Waals surface area contributed by atoms with Crippen molar-refractivity contribution in [2.45, 2.75) is 6.54 Å². The molecule has 0 unspecified atom stereocenters. The molecule has 0 saturated heterocycles. The second-order valence-electron chi connectivity index (χ2n) is 4.75. The predicted molar refractivity (Wildman–Crippen MR) is 83.6 cm³/mol. The number of carbonyl (C=O) groups is 1. The van der Waals surface area contributed by atoms with Gasteiger partial charge in [-0.25, -0.2) is 0 Å².